The molecule has 0 bridgehead atoms. The van der Waals surface area contributed by atoms with Crippen LogP contribution in [0.25, 0.3) is 10.2 Å². The average Bonchev–Trinajstić information content (AvgIpc) is 3.13. The molecule has 1 aromatic heterocycles. The van der Waals surface area contributed by atoms with E-state index in [9.17, 15) is 9.18 Å². The zero-order valence-electron chi connectivity index (χ0n) is 12.0. The molecule has 1 amide bonds. The number of carbonyl (C=O) groups is 1. The molecule has 3 nitrogen and oxygen atoms in total. The third-order valence-corrected chi connectivity index (χ3v) is 6.95. The standard InChI is InChI=1S/C16H9Cl2FN2OS2/c17-8-3-1-5-10(19)13(8)16(21-12(22)7-23-16)15-20-14-9(18)4-2-6-11(14)24-15/h1-6H,7H2,(H,21,22). The second-order valence-electron chi connectivity index (χ2n) is 5.22. The Morgan fingerprint density at radius 1 is 1.17 bits per heavy atom. The van der Waals surface area contributed by atoms with Crippen molar-refractivity contribution in [1.29, 1.82) is 0 Å². The number of rotatable bonds is 2. The molecule has 0 aliphatic carbocycles. The van der Waals surface area contributed by atoms with Gasteiger partial charge in [-0.15, -0.1) is 23.1 Å². The van der Waals surface area contributed by atoms with Crippen molar-refractivity contribution in [2.24, 2.45) is 0 Å². The van der Waals surface area contributed by atoms with Gasteiger partial charge in [-0.2, -0.15) is 0 Å². The van der Waals surface area contributed by atoms with Crippen molar-refractivity contribution in [2.45, 2.75) is 4.87 Å². The van der Waals surface area contributed by atoms with Crippen LogP contribution in [0.5, 0.6) is 0 Å². The second kappa shape index (κ2) is 5.88. The monoisotopic (exact) mass is 398 g/mol. The van der Waals surface area contributed by atoms with E-state index >= 15 is 0 Å². The van der Waals surface area contributed by atoms with Crippen molar-refractivity contribution in [3.63, 3.8) is 0 Å². The van der Waals surface area contributed by atoms with Crippen LogP contribution in [-0.4, -0.2) is 16.6 Å². The van der Waals surface area contributed by atoms with E-state index in [2.05, 4.69) is 10.3 Å². The number of amides is 1. The van der Waals surface area contributed by atoms with E-state index in [-0.39, 0.29) is 22.2 Å². The van der Waals surface area contributed by atoms with E-state index in [1.807, 2.05) is 12.1 Å². The van der Waals surface area contributed by atoms with Gasteiger partial charge in [0.1, 0.15) is 16.3 Å². The summed E-state index contributed by atoms with van der Waals surface area (Å²) in [6.07, 6.45) is 0. The molecule has 2 aromatic carbocycles. The van der Waals surface area contributed by atoms with Crippen molar-refractivity contribution < 1.29 is 9.18 Å². The zero-order valence-corrected chi connectivity index (χ0v) is 15.1. The first-order valence-corrected chi connectivity index (χ1v) is 9.52. The highest BCUT2D eigenvalue weighted by molar-refractivity contribution is 8.01. The molecule has 1 aliphatic rings. The highest BCUT2D eigenvalue weighted by Crippen LogP contribution is 2.49. The Morgan fingerprint density at radius 2 is 1.92 bits per heavy atom. The van der Waals surface area contributed by atoms with Crippen LogP contribution in [0, 0.1) is 5.82 Å². The fourth-order valence-corrected chi connectivity index (χ4v) is 5.80. The van der Waals surface area contributed by atoms with E-state index in [0.717, 1.165) is 4.70 Å². The molecular formula is C16H9Cl2FN2OS2. The maximum atomic E-state index is 14.6. The Morgan fingerprint density at radius 3 is 2.58 bits per heavy atom. The molecule has 1 fully saturated rings. The highest BCUT2D eigenvalue weighted by atomic mass is 35.5. The predicted molar refractivity (Wildman–Crippen MR) is 97.4 cm³/mol. The Kier molecular flexibility index (Phi) is 3.95. The number of hydrogen-bond acceptors (Lipinski definition) is 4. The number of aromatic nitrogens is 1. The van der Waals surface area contributed by atoms with Gasteiger partial charge in [-0.1, -0.05) is 35.3 Å². The van der Waals surface area contributed by atoms with Gasteiger partial charge in [0.25, 0.3) is 0 Å². The number of halogens is 3. The Balaban J connectivity index is 2.00. The van der Waals surface area contributed by atoms with Crippen LogP contribution in [-0.2, 0) is 9.67 Å². The molecule has 0 spiro atoms. The summed E-state index contributed by atoms with van der Waals surface area (Å²) in [4.78, 5) is 15.4. The van der Waals surface area contributed by atoms with Gasteiger partial charge in [0.15, 0.2) is 4.87 Å². The summed E-state index contributed by atoms with van der Waals surface area (Å²) in [5.74, 6) is -0.471. The first kappa shape index (κ1) is 16.1. The number of thioether (sulfide) groups is 1. The molecule has 1 atom stereocenters. The fourth-order valence-electron chi connectivity index (χ4n) is 2.70. The molecule has 1 saturated heterocycles. The predicted octanol–water partition coefficient (Wildman–Crippen LogP) is 4.81. The van der Waals surface area contributed by atoms with Crippen LogP contribution >= 0.6 is 46.3 Å². The van der Waals surface area contributed by atoms with Gasteiger partial charge in [-0.3, -0.25) is 4.79 Å². The van der Waals surface area contributed by atoms with Gasteiger partial charge >= 0.3 is 0 Å². The maximum Gasteiger partial charge on any atom is 0.231 e. The summed E-state index contributed by atoms with van der Waals surface area (Å²) >= 11 is 15.1. The minimum atomic E-state index is -1.15. The lowest BCUT2D eigenvalue weighted by atomic mass is 10.1. The smallest absolute Gasteiger partial charge is 0.231 e. The van der Waals surface area contributed by atoms with Gasteiger partial charge in [0.2, 0.25) is 5.91 Å². The van der Waals surface area contributed by atoms with Gasteiger partial charge < -0.3 is 5.32 Å². The lowest BCUT2D eigenvalue weighted by Gasteiger charge is -2.27. The van der Waals surface area contributed by atoms with Crippen LogP contribution in [0.2, 0.25) is 10.0 Å². The molecule has 3 aromatic rings. The quantitative estimate of drug-likeness (QED) is 0.673. The van der Waals surface area contributed by atoms with Crippen LogP contribution in [0.3, 0.4) is 0 Å². The summed E-state index contributed by atoms with van der Waals surface area (Å²) in [5.41, 5.74) is 0.852. The molecule has 4 rings (SSSR count). The Labute approximate surface area is 155 Å². The fraction of sp³-hybridized carbons (Fsp3) is 0.125. The van der Waals surface area contributed by atoms with Crippen molar-refractivity contribution in [2.75, 3.05) is 5.75 Å². The minimum absolute atomic E-state index is 0.190. The number of para-hydroxylation sites is 1. The van der Waals surface area contributed by atoms with E-state index in [0.29, 0.717) is 15.5 Å². The molecule has 1 N–H and O–H groups in total. The van der Waals surface area contributed by atoms with E-state index in [1.165, 1.54) is 35.2 Å². The number of fused-ring (bicyclic) bond motifs is 1. The zero-order chi connectivity index (χ0) is 16.9. The lowest BCUT2D eigenvalue weighted by Crippen LogP contribution is -2.39. The molecule has 0 saturated carbocycles. The van der Waals surface area contributed by atoms with Gasteiger partial charge in [-0.05, 0) is 24.3 Å². The summed E-state index contributed by atoms with van der Waals surface area (Å²) < 4.78 is 15.5. The number of hydrogen-bond donors (Lipinski definition) is 1. The molecule has 24 heavy (non-hydrogen) atoms. The summed E-state index contributed by atoms with van der Waals surface area (Å²) in [7, 11) is 0. The van der Waals surface area contributed by atoms with Crippen LogP contribution in [0.15, 0.2) is 36.4 Å². The first-order valence-electron chi connectivity index (χ1n) is 6.96. The maximum absolute atomic E-state index is 14.6. The topological polar surface area (TPSA) is 42.0 Å². The van der Waals surface area contributed by atoms with Crippen LogP contribution in [0.4, 0.5) is 4.39 Å². The number of benzene rings is 2. The molecule has 1 aliphatic heterocycles. The molecule has 0 radical (unpaired) electrons. The number of nitrogens with one attached hydrogen (secondary N) is 1. The van der Waals surface area contributed by atoms with Crippen molar-refractivity contribution in [3.8, 4) is 0 Å². The molecule has 8 heteroatoms. The number of thiazole rings is 1. The number of nitrogens with zero attached hydrogens (tertiary/aromatic N) is 1. The van der Waals surface area contributed by atoms with E-state index in [1.54, 1.807) is 12.1 Å². The van der Waals surface area contributed by atoms with Gasteiger partial charge in [0, 0.05) is 5.56 Å². The van der Waals surface area contributed by atoms with E-state index in [4.69, 9.17) is 23.2 Å². The van der Waals surface area contributed by atoms with Crippen LogP contribution < -0.4 is 5.32 Å². The third kappa shape index (κ3) is 2.40. The van der Waals surface area contributed by atoms with Crippen molar-refractivity contribution in [1.82, 2.24) is 10.3 Å². The third-order valence-electron chi connectivity index (χ3n) is 3.72. The van der Waals surface area contributed by atoms with Gasteiger partial charge in [0.05, 0.1) is 20.5 Å². The molecule has 122 valence electrons. The molecular weight excluding hydrogens is 390 g/mol. The van der Waals surface area contributed by atoms with E-state index < -0.39 is 10.7 Å². The Bertz CT molecular complexity index is 958. The second-order valence-corrected chi connectivity index (χ2v) is 8.26. The average molecular weight is 399 g/mol. The normalized spacial score (nSPS) is 20.5. The van der Waals surface area contributed by atoms with Crippen LogP contribution in [0.1, 0.15) is 10.6 Å². The van der Waals surface area contributed by atoms with Crippen molar-refractivity contribution >= 4 is 62.4 Å². The molecule has 2 heterocycles. The lowest BCUT2D eigenvalue weighted by molar-refractivity contribution is -0.118. The Hall–Kier alpha value is -1.34. The molecule has 1 unspecified atom stereocenters. The number of carbonyl (C=O) groups excluding carboxylic acids is 1. The summed E-state index contributed by atoms with van der Waals surface area (Å²) in [6, 6.07) is 9.93. The largest absolute Gasteiger partial charge is 0.331 e. The minimum Gasteiger partial charge on any atom is -0.331 e. The highest BCUT2D eigenvalue weighted by Gasteiger charge is 2.47. The van der Waals surface area contributed by atoms with Crippen molar-refractivity contribution in [3.05, 3.63) is 62.8 Å². The first-order chi connectivity index (χ1) is 11.5. The summed E-state index contributed by atoms with van der Waals surface area (Å²) in [5, 5.41) is 4.17. The SMILES string of the molecule is O=C1CSC(c2nc3c(Cl)cccc3s2)(c2c(F)cccc2Cl)N1. The van der Waals surface area contributed by atoms with Gasteiger partial charge in [-0.25, -0.2) is 9.37 Å². The summed E-state index contributed by atoms with van der Waals surface area (Å²) in [6.45, 7) is 0.